The minimum Gasteiger partial charge on any atom is -0.480 e. The van der Waals surface area contributed by atoms with Gasteiger partial charge >= 0.3 is 23.3 Å². The van der Waals surface area contributed by atoms with Gasteiger partial charge in [-0.2, -0.15) is 0 Å². The zero-order chi connectivity index (χ0) is 13.4. The van der Waals surface area contributed by atoms with Gasteiger partial charge in [-0.1, -0.05) is 0 Å². The Morgan fingerprint density at radius 3 is 2.44 bits per heavy atom. The fourth-order valence-corrected chi connectivity index (χ4v) is 2.10. The quantitative estimate of drug-likeness (QED) is 0.666. The molecule has 9 heteroatoms. The van der Waals surface area contributed by atoms with Gasteiger partial charge < -0.3 is 10.2 Å². The minimum absolute atomic E-state index is 0.213. The first kappa shape index (κ1) is 12.1. The van der Waals surface area contributed by atoms with E-state index in [0.29, 0.717) is 11.0 Å². The second-order valence-corrected chi connectivity index (χ2v) is 4.01. The molecule has 2 rings (SSSR count). The average molecular weight is 257 g/mol. The van der Waals surface area contributed by atoms with E-state index < -0.39 is 35.9 Å². The third-order valence-corrected chi connectivity index (χ3v) is 2.86. The zero-order valence-corrected chi connectivity index (χ0v) is 9.27. The van der Waals surface area contributed by atoms with Gasteiger partial charge in [0.05, 0.1) is 0 Å². The molecule has 2 N–H and O–H groups in total. The minimum atomic E-state index is -1.33. The van der Waals surface area contributed by atoms with E-state index in [-0.39, 0.29) is 13.0 Å². The van der Waals surface area contributed by atoms with Crippen LogP contribution in [0.3, 0.4) is 0 Å². The average Bonchev–Trinajstić information content (AvgIpc) is 2.54. The molecule has 1 atom stereocenters. The molecule has 1 unspecified atom stereocenters. The number of carbonyl (C=O) groups is 2. The molecule has 9 nitrogen and oxygen atoms in total. The second kappa shape index (κ2) is 4.17. The Balaban J connectivity index is 2.63. The molecule has 0 radical (unpaired) electrons. The fourth-order valence-electron chi connectivity index (χ4n) is 2.10. The maximum atomic E-state index is 11.9. The van der Waals surface area contributed by atoms with Gasteiger partial charge in [-0.25, -0.2) is 28.3 Å². The van der Waals surface area contributed by atoms with E-state index >= 15 is 0 Å². The van der Waals surface area contributed by atoms with Gasteiger partial charge in [0.2, 0.25) is 0 Å². The van der Waals surface area contributed by atoms with Crippen molar-refractivity contribution in [2.45, 2.75) is 32.0 Å². The highest BCUT2D eigenvalue weighted by atomic mass is 16.4. The van der Waals surface area contributed by atoms with Crippen molar-refractivity contribution in [1.82, 2.24) is 13.9 Å². The molecule has 1 aliphatic heterocycles. The van der Waals surface area contributed by atoms with Gasteiger partial charge in [0.1, 0.15) is 6.54 Å². The molecule has 0 aromatic carbocycles. The van der Waals surface area contributed by atoms with Crippen molar-refractivity contribution in [3.63, 3.8) is 0 Å². The van der Waals surface area contributed by atoms with Gasteiger partial charge in [-0.3, -0.25) is 4.79 Å². The van der Waals surface area contributed by atoms with Crippen molar-refractivity contribution in [3.8, 4) is 0 Å². The van der Waals surface area contributed by atoms with Crippen LogP contribution in [-0.2, 0) is 22.7 Å². The molecule has 0 saturated heterocycles. The van der Waals surface area contributed by atoms with Crippen LogP contribution in [0.1, 0.15) is 18.9 Å². The Morgan fingerprint density at radius 2 is 1.89 bits per heavy atom. The molecule has 0 saturated carbocycles. The van der Waals surface area contributed by atoms with Crippen LogP contribution in [0.4, 0.5) is 0 Å². The largest absolute Gasteiger partial charge is 0.480 e. The Hall–Kier alpha value is -2.32. The highest BCUT2D eigenvalue weighted by Crippen LogP contribution is 2.16. The van der Waals surface area contributed by atoms with Crippen molar-refractivity contribution in [2.75, 3.05) is 0 Å². The SMILES string of the molecule is O=C(O)Cn1c(=O)n2n(c1=O)C(C(=O)O)CCC2. The number of aliphatic carboxylic acids is 2. The number of hydrogen-bond donors (Lipinski definition) is 2. The Labute approximate surface area is 99.5 Å². The van der Waals surface area contributed by atoms with Crippen LogP contribution >= 0.6 is 0 Å². The molecular weight excluding hydrogens is 246 g/mol. The van der Waals surface area contributed by atoms with Crippen molar-refractivity contribution < 1.29 is 19.8 Å². The number of rotatable bonds is 3. The molecule has 0 fully saturated rings. The number of aromatic nitrogens is 3. The van der Waals surface area contributed by atoms with Gasteiger partial charge in [0.15, 0.2) is 6.04 Å². The van der Waals surface area contributed by atoms with Gasteiger partial charge in [-0.15, -0.1) is 0 Å². The summed E-state index contributed by atoms with van der Waals surface area (Å²) in [4.78, 5) is 45.2. The van der Waals surface area contributed by atoms with E-state index in [1.807, 2.05) is 0 Å². The summed E-state index contributed by atoms with van der Waals surface area (Å²) in [6.07, 6.45) is 0.694. The molecule has 98 valence electrons. The summed E-state index contributed by atoms with van der Waals surface area (Å²) >= 11 is 0. The molecule has 1 aromatic rings. The topological polar surface area (TPSA) is 124 Å². The molecule has 1 aromatic heterocycles. The normalized spacial score (nSPS) is 18.3. The summed E-state index contributed by atoms with van der Waals surface area (Å²) in [6.45, 7) is -0.554. The van der Waals surface area contributed by atoms with E-state index in [9.17, 15) is 19.2 Å². The number of fused-ring (bicyclic) bond motifs is 1. The van der Waals surface area contributed by atoms with Crippen LogP contribution in [0.15, 0.2) is 9.59 Å². The Bertz CT molecular complexity index is 621. The van der Waals surface area contributed by atoms with Gasteiger partial charge in [0.25, 0.3) is 0 Å². The molecule has 0 bridgehead atoms. The molecule has 2 heterocycles. The Morgan fingerprint density at radius 1 is 1.22 bits per heavy atom. The van der Waals surface area contributed by atoms with E-state index in [0.717, 1.165) is 9.36 Å². The van der Waals surface area contributed by atoms with Gasteiger partial charge in [0, 0.05) is 6.54 Å². The number of hydrogen-bond acceptors (Lipinski definition) is 4. The van der Waals surface area contributed by atoms with Crippen molar-refractivity contribution in [3.05, 3.63) is 21.0 Å². The van der Waals surface area contributed by atoms with Crippen molar-refractivity contribution in [2.24, 2.45) is 0 Å². The fraction of sp³-hybridized carbons (Fsp3) is 0.556. The number of nitrogens with zero attached hydrogens (tertiary/aromatic N) is 3. The molecule has 18 heavy (non-hydrogen) atoms. The summed E-state index contributed by atoms with van der Waals surface area (Å²) in [7, 11) is 0. The van der Waals surface area contributed by atoms with Crippen molar-refractivity contribution in [1.29, 1.82) is 0 Å². The lowest BCUT2D eigenvalue weighted by molar-refractivity contribution is -0.142. The van der Waals surface area contributed by atoms with E-state index in [4.69, 9.17) is 10.2 Å². The predicted molar refractivity (Wildman–Crippen MR) is 56.5 cm³/mol. The highest BCUT2D eigenvalue weighted by molar-refractivity contribution is 5.71. The second-order valence-electron chi connectivity index (χ2n) is 4.01. The number of carboxylic acids is 2. The molecule has 0 amide bonds. The van der Waals surface area contributed by atoms with E-state index in [1.165, 1.54) is 0 Å². The Kier molecular flexibility index (Phi) is 2.81. The van der Waals surface area contributed by atoms with Crippen LogP contribution in [-0.4, -0.2) is 36.1 Å². The van der Waals surface area contributed by atoms with Crippen LogP contribution in [0.2, 0.25) is 0 Å². The summed E-state index contributed by atoms with van der Waals surface area (Å²) in [6, 6.07) is -1.12. The zero-order valence-electron chi connectivity index (χ0n) is 9.27. The van der Waals surface area contributed by atoms with Gasteiger partial charge in [-0.05, 0) is 12.8 Å². The van der Waals surface area contributed by atoms with Crippen LogP contribution in [0.25, 0.3) is 0 Å². The lowest BCUT2D eigenvalue weighted by Gasteiger charge is -2.21. The standard InChI is InChI=1S/C9H11N3O6/c13-6(14)4-10-8(17)11-3-1-2-5(7(15)16)12(11)9(10)18/h5H,1-4H2,(H,13,14)(H,15,16). The third kappa shape index (κ3) is 1.73. The summed E-state index contributed by atoms with van der Waals surface area (Å²) < 4.78 is 2.36. The molecule has 1 aliphatic rings. The maximum Gasteiger partial charge on any atom is 0.348 e. The summed E-state index contributed by atoms with van der Waals surface area (Å²) in [5.74, 6) is -2.54. The first-order chi connectivity index (χ1) is 8.43. The first-order valence-electron chi connectivity index (χ1n) is 5.30. The molecule has 0 spiro atoms. The van der Waals surface area contributed by atoms with Crippen molar-refractivity contribution >= 4 is 11.9 Å². The maximum absolute atomic E-state index is 11.9. The monoisotopic (exact) mass is 257 g/mol. The number of carboxylic acid groups (broad SMARTS) is 2. The highest BCUT2D eigenvalue weighted by Gasteiger charge is 2.31. The predicted octanol–water partition coefficient (Wildman–Crippen LogP) is -1.68. The lowest BCUT2D eigenvalue weighted by atomic mass is 10.1. The van der Waals surface area contributed by atoms with E-state index in [2.05, 4.69) is 0 Å². The molecule has 0 aliphatic carbocycles. The third-order valence-electron chi connectivity index (χ3n) is 2.86. The van der Waals surface area contributed by atoms with Crippen LogP contribution in [0.5, 0.6) is 0 Å². The summed E-state index contributed by atoms with van der Waals surface area (Å²) in [5.41, 5.74) is -1.68. The smallest absolute Gasteiger partial charge is 0.348 e. The lowest BCUT2D eigenvalue weighted by Crippen LogP contribution is -2.38. The van der Waals surface area contributed by atoms with Crippen LogP contribution in [0, 0.1) is 0 Å². The van der Waals surface area contributed by atoms with Crippen LogP contribution < -0.4 is 11.4 Å². The molecular formula is C9H11N3O6. The van der Waals surface area contributed by atoms with E-state index in [1.54, 1.807) is 0 Å². The first-order valence-corrected chi connectivity index (χ1v) is 5.30. The summed E-state index contributed by atoms with van der Waals surface area (Å²) in [5, 5.41) is 17.6.